The van der Waals surface area contributed by atoms with E-state index in [0.29, 0.717) is 12.1 Å². The molecule has 6 nitrogen and oxygen atoms in total. The number of hydrogen-bond donors (Lipinski definition) is 1. The van der Waals surface area contributed by atoms with Gasteiger partial charge in [-0.25, -0.2) is 8.42 Å². The molecule has 0 spiro atoms. The predicted octanol–water partition coefficient (Wildman–Crippen LogP) is 2.73. The molecule has 0 aliphatic heterocycles. The number of anilines is 1. The first kappa shape index (κ1) is 14.5. The van der Waals surface area contributed by atoms with E-state index in [2.05, 4.69) is 4.72 Å². The van der Waals surface area contributed by atoms with E-state index in [0.717, 1.165) is 34.9 Å². The number of nitro benzene ring substituents is 1. The van der Waals surface area contributed by atoms with Crippen LogP contribution in [0.1, 0.15) is 11.1 Å². The number of hydrogen-bond acceptors (Lipinski definition) is 4. The van der Waals surface area contributed by atoms with Crippen molar-refractivity contribution in [1.82, 2.24) is 0 Å². The molecule has 22 heavy (non-hydrogen) atoms. The molecule has 1 N–H and O–H groups in total. The van der Waals surface area contributed by atoms with Crippen LogP contribution < -0.4 is 4.72 Å². The Bertz CT molecular complexity index is 875. The van der Waals surface area contributed by atoms with E-state index in [1.807, 2.05) is 12.1 Å². The van der Waals surface area contributed by atoms with Crippen molar-refractivity contribution in [2.45, 2.75) is 12.8 Å². The number of non-ortho nitro benzene ring substituents is 1. The summed E-state index contributed by atoms with van der Waals surface area (Å²) >= 11 is 0. The average molecular weight is 318 g/mol. The molecule has 0 saturated heterocycles. The lowest BCUT2D eigenvalue weighted by Crippen LogP contribution is -2.11. The van der Waals surface area contributed by atoms with Gasteiger partial charge >= 0.3 is 0 Å². The number of rotatable bonds is 3. The summed E-state index contributed by atoms with van der Waals surface area (Å²) in [5.74, 6) is 0. The topological polar surface area (TPSA) is 89.3 Å². The maximum atomic E-state index is 11.3. The lowest BCUT2D eigenvalue weighted by Gasteiger charge is -2.20. The van der Waals surface area contributed by atoms with Gasteiger partial charge < -0.3 is 0 Å². The Kier molecular flexibility index (Phi) is 3.37. The van der Waals surface area contributed by atoms with Crippen molar-refractivity contribution in [3.8, 4) is 11.1 Å². The molecule has 0 unspecified atom stereocenters. The van der Waals surface area contributed by atoms with Gasteiger partial charge in [-0.15, -0.1) is 0 Å². The van der Waals surface area contributed by atoms with Crippen LogP contribution in [0, 0.1) is 10.1 Å². The van der Waals surface area contributed by atoms with Crippen molar-refractivity contribution >= 4 is 21.4 Å². The molecule has 0 fully saturated rings. The second-order valence-electron chi connectivity index (χ2n) is 5.34. The monoisotopic (exact) mass is 318 g/mol. The fraction of sp³-hybridized carbons (Fsp3) is 0.200. The van der Waals surface area contributed by atoms with E-state index < -0.39 is 14.9 Å². The minimum Gasteiger partial charge on any atom is -0.284 e. The molecule has 1 aliphatic carbocycles. The highest BCUT2D eigenvalue weighted by Crippen LogP contribution is 2.36. The van der Waals surface area contributed by atoms with Gasteiger partial charge in [0, 0.05) is 17.8 Å². The Morgan fingerprint density at radius 2 is 1.64 bits per heavy atom. The lowest BCUT2D eigenvalue weighted by atomic mass is 9.85. The van der Waals surface area contributed by atoms with Crippen LogP contribution in [0.15, 0.2) is 36.4 Å². The van der Waals surface area contributed by atoms with Crippen LogP contribution in [0.3, 0.4) is 0 Å². The summed E-state index contributed by atoms with van der Waals surface area (Å²) in [5.41, 5.74) is 4.58. The van der Waals surface area contributed by atoms with Gasteiger partial charge in [0.15, 0.2) is 0 Å². The van der Waals surface area contributed by atoms with E-state index >= 15 is 0 Å². The van der Waals surface area contributed by atoms with Crippen LogP contribution in [0.25, 0.3) is 11.1 Å². The van der Waals surface area contributed by atoms with Gasteiger partial charge in [-0.05, 0) is 53.3 Å². The summed E-state index contributed by atoms with van der Waals surface area (Å²) < 4.78 is 25.0. The average Bonchev–Trinajstić information content (AvgIpc) is 2.44. The van der Waals surface area contributed by atoms with Crippen LogP contribution >= 0.6 is 0 Å². The molecule has 0 saturated carbocycles. The maximum absolute atomic E-state index is 11.3. The molecule has 0 amide bonds. The smallest absolute Gasteiger partial charge is 0.269 e. The Balaban J connectivity index is 2.03. The fourth-order valence-electron chi connectivity index (χ4n) is 2.77. The quantitative estimate of drug-likeness (QED) is 0.696. The minimum atomic E-state index is -3.30. The molecule has 0 heterocycles. The van der Waals surface area contributed by atoms with Crippen molar-refractivity contribution in [3.05, 3.63) is 57.6 Å². The second-order valence-corrected chi connectivity index (χ2v) is 7.09. The van der Waals surface area contributed by atoms with Crippen molar-refractivity contribution in [2.75, 3.05) is 11.0 Å². The number of benzene rings is 2. The SMILES string of the molecule is CS(=O)(=O)Nc1ccc2c(c1)CCc1cc([N+](=O)[O-])ccc1-2. The van der Waals surface area contributed by atoms with Crippen LogP contribution in [-0.4, -0.2) is 19.6 Å². The molecule has 2 aromatic carbocycles. The lowest BCUT2D eigenvalue weighted by molar-refractivity contribution is -0.384. The zero-order chi connectivity index (χ0) is 15.9. The Hall–Kier alpha value is -2.41. The second kappa shape index (κ2) is 5.10. The molecule has 0 atom stereocenters. The summed E-state index contributed by atoms with van der Waals surface area (Å²) in [6.07, 6.45) is 2.54. The number of fused-ring (bicyclic) bond motifs is 3. The van der Waals surface area contributed by atoms with Gasteiger partial charge in [-0.3, -0.25) is 14.8 Å². The van der Waals surface area contributed by atoms with Gasteiger partial charge in [0.05, 0.1) is 11.2 Å². The molecule has 114 valence electrons. The Morgan fingerprint density at radius 3 is 2.23 bits per heavy atom. The summed E-state index contributed by atoms with van der Waals surface area (Å²) in [6.45, 7) is 0. The molecular weight excluding hydrogens is 304 g/mol. The van der Waals surface area contributed by atoms with Crippen molar-refractivity contribution in [1.29, 1.82) is 0 Å². The number of nitrogens with one attached hydrogen (secondary N) is 1. The molecule has 2 aromatic rings. The number of nitrogens with zero attached hydrogens (tertiary/aromatic N) is 1. The molecule has 0 radical (unpaired) electrons. The third kappa shape index (κ3) is 2.80. The molecule has 7 heteroatoms. The normalized spacial score (nSPS) is 13.1. The van der Waals surface area contributed by atoms with Crippen molar-refractivity contribution in [2.24, 2.45) is 0 Å². The number of aryl methyl sites for hydroxylation is 2. The van der Waals surface area contributed by atoms with E-state index in [9.17, 15) is 18.5 Å². The van der Waals surface area contributed by atoms with Gasteiger partial charge in [0.2, 0.25) is 10.0 Å². The van der Waals surface area contributed by atoms with E-state index in [4.69, 9.17) is 0 Å². The van der Waals surface area contributed by atoms with E-state index in [1.165, 1.54) is 6.07 Å². The number of sulfonamides is 1. The van der Waals surface area contributed by atoms with Gasteiger partial charge in [0.1, 0.15) is 0 Å². The predicted molar refractivity (Wildman–Crippen MR) is 84.4 cm³/mol. The highest BCUT2D eigenvalue weighted by molar-refractivity contribution is 7.92. The van der Waals surface area contributed by atoms with Crippen LogP contribution in [0.2, 0.25) is 0 Å². The van der Waals surface area contributed by atoms with Crippen LogP contribution in [0.5, 0.6) is 0 Å². The third-order valence-corrected chi connectivity index (χ3v) is 4.27. The third-order valence-electron chi connectivity index (χ3n) is 3.66. The molecule has 3 rings (SSSR count). The Morgan fingerprint density at radius 1 is 1.05 bits per heavy atom. The highest BCUT2D eigenvalue weighted by Gasteiger charge is 2.19. The minimum absolute atomic E-state index is 0.0950. The Labute approximate surface area is 128 Å². The molecule has 1 aliphatic rings. The zero-order valence-electron chi connectivity index (χ0n) is 11.9. The summed E-state index contributed by atoms with van der Waals surface area (Å²) in [6, 6.07) is 10.2. The highest BCUT2D eigenvalue weighted by atomic mass is 32.2. The van der Waals surface area contributed by atoms with E-state index in [1.54, 1.807) is 18.2 Å². The van der Waals surface area contributed by atoms with Crippen LogP contribution in [-0.2, 0) is 22.9 Å². The summed E-state index contributed by atoms with van der Waals surface area (Å²) in [7, 11) is -3.30. The first-order valence-corrected chi connectivity index (χ1v) is 8.61. The standard InChI is InChI=1S/C15H14N2O4S/c1-22(20,21)16-12-4-6-14-10(8-12)2-3-11-9-13(17(18)19)5-7-15(11)14/h4-9,16H,2-3H2,1H3. The molecule has 0 aromatic heterocycles. The summed E-state index contributed by atoms with van der Waals surface area (Å²) in [5, 5.41) is 10.9. The first-order chi connectivity index (χ1) is 10.3. The molecular formula is C15H14N2O4S. The first-order valence-electron chi connectivity index (χ1n) is 6.72. The van der Waals surface area contributed by atoms with E-state index in [-0.39, 0.29) is 5.69 Å². The molecule has 0 bridgehead atoms. The maximum Gasteiger partial charge on any atom is 0.269 e. The summed E-state index contributed by atoms with van der Waals surface area (Å²) in [4.78, 5) is 10.5. The van der Waals surface area contributed by atoms with Crippen molar-refractivity contribution in [3.63, 3.8) is 0 Å². The largest absolute Gasteiger partial charge is 0.284 e. The van der Waals surface area contributed by atoms with Gasteiger partial charge in [-0.2, -0.15) is 0 Å². The number of nitro groups is 1. The van der Waals surface area contributed by atoms with Gasteiger partial charge in [0.25, 0.3) is 5.69 Å². The van der Waals surface area contributed by atoms with Crippen LogP contribution in [0.4, 0.5) is 11.4 Å². The van der Waals surface area contributed by atoms with Gasteiger partial charge in [-0.1, -0.05) is 6.07 Å². The van der Waals surface area contributed by atoms with Crippen molar-refractivity contribution < 1.29 is 13.3 Å². The zero-order valence-corrected chi connectivity index (χ0v) is 12.7. The fourth-order valence-corrected chi connectivity index (χ4v) is 3.33.